The first-order chi connectivity index (χ1) is 13.1. The van der Waals surface area contributed by atoms with Crippen LogP contribution < -0.4 is 16.0 Å². The Kier molecular flexibility index (Phi) is 11.2. The summed E-state index contributed by atoms with van der Waals surface area (Å²) in [5.41, 5.74) is 3.11. The van der Waals surface area contributed by atoms with Gasteiger partial charge in [-0.15, -0.1) is 24.0 Å². The first-order valence-electron chi connectivity index (χ1n) is 9.08. The minimum absolute atomic E-state index is 0. The number of guanidine groups is 1. The second-order valence-electron chi connectivity index (χ2n) is 6.26. The predicted molar refractivity (Wildman–Crippen MR) is 123 cm³/mol. The number of nitrogens with zero attached hydrogens (tertiary/aromatic N) is 1. The summed E-state index contributed by atoms with van der Waals surface area (Å²) in [6.07, 6.45) is 1.13. The minimum Gasteiger partial charge on any atom is -0.356 e. The van der Waals surface area contributed by atoms with E-state index in [0.29, 0.717) is 32.0 Å². The molecule has 3 N–H and O–H groups in total. The summed E-state index contributed by atoms with van der Waals surface area (Å²) in [6, 6.07) is 14.6. The third kappa shape index (κ3) is 8.69. The van der Waals surface area contributed by atoms with Gasteiger partial charge < -0.3 is 16.0 Å². The van der Waals surface area contributed by atoms with Gasteiger partial charge in [-0.05, 0) is 42.2 Å². The highest BCUT2D eigenvalue weighted by Crippen LogP contribution is 2.10. The number of aryl methyl sites for hydroxylation is 1. The second kappa shape index (κ2) is 13.1. The number of aliphatic imine (C=N–C) groups is 1. The maximum absolute atomic E-state index is 13.1. The third-order valence-corrected chi connectivity index (χ3v) is 4.19. The predicted octanol–water partition coefficient (Wildman–Crippen LogP) is 3.17. The molecule has 0 bridgehead atoms. The Morgan fingerprint density at radius 3 is 2.43 bits per heavy atom. The Hall–Kier alpha value is -2.16. The number of amides is 1. The molecule has 0 spiro atoms. The van der Waals surface area contributed by atoms with E-state index in [1.165, 1.54) is 12.1 Å². The standard InChI is InChI=1S/C21H27FN4O.HI/c1-16-14-19(22)9-8-18(16)10-12-24-21(23-2)25-13-11-20(27)26-15-17-6-4-3-5-7-17;/h3-9,14H,10-13,15H2,1-2H3,(H,26,27)(H2,23,24,25);1H. The van der Waals surface area contributed by atoms with Crippen LogP contribution in [0.3, 0.4) is 0 Å². The van der Waals surface area contributed by atoms with Gasteiger partial charge in [0.25, 0.3) is 0 Å². The lowest BCUT2D eigenvalue weighted by Gasteiger charge is -2.13. The highest BCUT2D eigenvalue weighted by Gasteiger charge is 2.04. The number of nitrogens with one attached hydrogen (secondary N) is 3. The van der Waals surface area contributed by atoms with Gasteiger partial charge in [-0.1, -0.05) is 36.4 Å². The van der Waals surface area contributed by atoms with Crippen molar-refractivity contribution in [3.63, 3.8) is 0 Å². The Morgan fingerprint density at radius 1 is 1.04 bits per heavy atom. The lowest BCUT2D eigenvalue weighted by Crippen LogP contribution is -2.40. The number of halogens is 2. The minimum atomic E-state index is -0.216. The van der Waals surface area contributed by atoms with E-state index >= 15 is 0 Å². The van der Waals surface area contributed by atoms with Crippen LogP contribution in [0.2, 0.25) is 0 Å². The quantitative estimate of drug-likeness (QED) is 0.298. The van der Waals surface area contributed by atoms with Crippen molar-refractivity contribution in [2.45, 2.75) is 26.3 Å². The van der Waals surface area contributed by atoms with E-state index in [4.69, 9.17) is 0 Å². The molecule has 0 heterocycles. The van der Waals surface area contributed by atoms with Crippen molar-refractivity contribution in [3.05, 3.63) is 71.0 Å². The maximum atomic E-state index is 13.1. The van der Waals surface area contributed by atoms with Crippen molar-refractivity contribution in [1.29, 1.82) is 0 Å². The molecule has 0 fully saturated rings. The first kappa shape index (κ1) is 23.9. The summed E-state index contributed by atoms with van der Waals surface area (Å²) >= 11 is 0. The lowest BCUT2D eigenvalue weighted by atomic mass is 10.1. The molecule has 0 aromatic heterocycles. The third-order valence-electron chi connectivity index (χ3n) is 4.19. The van der Waals surface area contributed by atoms with Gasteiger partial charge in [0.05, 0.1) is 0 Å². The molecule has 0 aliphatic rings. The van der Waals surface area contributed by atoms with Crippen LogP contribution >= 0.6 is 24.0 Å². The summed E-state index contributed by atoms with van der Waals surface area (Å²) < 4.78 is 13.1. The van der Waals surface area contributed by atoms with Crippen LogP contribution in [0.15, 0.2) is 53.5 Å². The van der Waals surface area contributed by atoms with Gasteiger partial charge in [0.1, 0.15) is 5.82 Å². The Morgan fingerprint density at radius 2 is 1.75 bits per heavy atom. The van der Waals surface area contributed by atoms with Crippen molar-refractivity contribution in [3.8, 4) is 0 Å². The molecule has 0 saturated heterocycles. The van der Waals surface area contributed by atoms with Crippen LogP contribution in [0.4, 0.5) is 4.39 Å². The molecule has 1 amide bonds. The van der Waals surface area contributed by atoms with E-state index in [1.54, 1.807) is 13.1 Å². The smallest absolute Gasteiger partial charge is 0.222 e. The Balaban J connectivity index is 0.00000392. The topological polar surface area (TPSA) is 65.5 Å². The van der Waals surface area contributed by atoms with E-state index < -0.39 is 0 Å². The van der Waals surface area contributed by atoms with Crippen molar-refractivity contribution in [2.24, 2.45) is 4.99 Å². The molecule has 0 aliphatic heterocycles. The zero-order chi connectivity index (χ0) is 19.5. The normalized spacial score (nSPS) is 10.8. The van der Waals surface area contributed by atoms with Gasteiger partial charge in [-0.25, -0.2) is 4.39 Å². The average Bonchev–Trinajstić information content (AvgIpc) is 2.67. The van der Waals surface area contributed by atoms with Crippen molar-refractivity contribution >= 4 is 35.8 Å². The molecule has 7 heteroatoms. The van der Waals surface area contributed by atoms with Gasteiger partial charge in [0, 0.05) is 33.1 Å². The first-order valence-corrected chi connectivity index (χ1v) is 9.08. The molecule has 0 unspecified atom stereocenters. The lowest BCUT2D eigenvalue weighted by molar-refractivity contribution is -0.121. The molecule has 2 aromatic rings. The zero-order valence-electron chi connectivity index (χ0n) is 16.3. The average molecular weight is 498 g/mol. The number of hydrogen-bond donors (Lipinski definition) is 3. The molecule has 2 rings (SSSR count). The summed E-state index contributed by atoms with van der Waals surface area (Å²) in [4.78, 5) is 16.1. The number of benzene rings is 2. The van der Waals surface area contributed by atoms with E-state index in [1.807, 2.05) is 37.3 Å². The molecule has 5 nitrogen and oxygen atoms in total. The molecule has 0 radical (unpaired) electrons. The number of hydrogen-bond acceptors (Lipinski definition) is 2. The number of rotatable bonds is 8. The molecular weight excluding hydrogens is 470 g/mol. The van der Waals surface area contributed by atoms with Crippen LogP contribution in [0, 0.1) is 12.7 Å². The van der Waals surface area contributed by atoms with Crippen molar-refractivity contribution in [1.82, 2.24) is 16.0 Å². The monoisotopic (exact) mass is 498 g/mol. The summed E-state index contributed by atoms with van der Waals surface area (Å²) in [5.74, 6) is 0.418. The Bertz CT molecular complexity index is 768. The molecule has 0 saturated carbocycles. The van der Waals surface area contributed by atoms with Crippen LogP contribution in [0.1, 0.15) is 23.1 Å². The second-order valence-corrected chi connectivity index (χ2v) is 6.26. The van der Waals surface area contributed by atoms with Gasteiger partial charge >= 0.3 is 0 Å². The summed E-state index contributed by atoms with van der Waals surface area (Å²) in [6.45, 7) is 3.60. The van der Waals surface area contributed by atoms with Gasteiger partial charge in [-0.3, -0.25) is 9.79 Å². The zero-order valence-corrected chi connectivity index (χ0v) is 18.6. The molecular formula is C21H28FIN4O. The van der Waals surface area contributed by atoms with Crippen LogP contribution in [-0.4, -0.2) is 32.0 Å². The van der Waals surface area contributed by atoms with Gasteiger partial charge in [-0.2, -0.15) is 0 Å². The van der Waals surface area contributed by atoms with Gasteiger partial charge in [0.15, 0.2) is 5.96 Å². The summed E-state index contributed by atoms with van der Waals surface area (Å²) in [7, 11) is 1.69. The maximum Gasteiger partial charge on any atom is 0.222 e. The fourth-order valence-corrected chi connectivity index (χ4v) is 2.66. The SMILES string of the molecule is CN=C(NCCC(=O)NCc1ccccc1)NCCc1ccc(F)cc1C.I. The van der Waals surface area contributed by atoms with Crippen LogP contribution in [0.5, 0.6) is 0 Å². The fraction of sp³-hybridized carbons (Fsp3) is 0.333. The Labute approximate surface area is 183 Å². The van der Waals surface area contributed by atoms with E-state index in [2.05, 4.69) is 20.9 Å². The van der Waals surface area contributed by atoms with Gasteiger partial charge in [0.2, 0.25) is 5.91 Å². The van der Waals surface area contributed by atoms with E-state index in [-0.39, 0.29) is 35.7 Å². The largest absolute Gasteiger partial charge is 0.356 e. The van der Waals surface area contributed by atoms with E-state index in [9.17, 15) is 9.18 Å². The van der Waals surface area contributed by atoms with Crippen LogP contribution in [0.25, 0.3) is 0 Å². The number of carbonyl (C=O) groups excluding carboxylic acids is 1. The van der Waals surface area contributed by atoms with Crippen molar-refractivity contribution < 1.29 is 9.18 Å². The van der Waals surface area contributed by atoms with E-state index in [0.717, 1.165) is 23.1 Å². The van der Waals surface area contributed by atoms with Crippen LogP contribution in [-0.2, 0) is 17.8 Å². The molecule has 28 heavy (non-hydrogen) atoms. The highest BCUT2D eigenvalue weighted by atomic mass is 127. The molecule has 0 atom stereocenters. The molecule has 2 aromatic carbocycles. The summed E-state index contributed by atoms with van der Waals surface area (Å²) in [5, 5.41) is 9.23. The number of carbonyl (C=O) groups is 1. The molecule has 0 aliphatic carbocycles. The van der Waals surface area contributed by atoms with Crippen molar-refractivity contribution in [2.75, 3.05) is 20.1 Å². The highest BCUT2D eigenvalue weighted by molar-refractivity contribution is 14.0. The molecule has 152 valence electrons. The fourth-order valence-electron chi connectivity index (χ4n) is 2.66.